The highest BCUT2D eigenvalue weighted by atomic mass is 35.5. The van der Waals surface area contributed by atoms with E-state index in [-0.39, 0.29) is 6.61 Å². The fourth-order valence-corrected chi connectivity index (χ4v) is 1.95. The molecular formula is C8H8ClN3OS. The molecule has 0 aromatic carbocycles. The SMILES string of the molecule is CSc1nc(Cl)c2c(CO)c[nH]c2n1. The maximum absolute atomic E-state index is 9.04. The molecule has 0 radical (unpaired) electrons. The van der Waals surface area contributed by atoms with Crippen LogP contribution in [0, 0.1) is 0 Å². The molecule has 6 heteroatoms. The summed E-state index contributed by atoms with van der Waals surface area (Å²) in [4.78, 5) is 11.3. The minimum atomic E-state index is -0.0678. The zero-order chi connectivity index (χ0) is 10.1. The second-order valence-electron chi connectivity index (χ2n) is 2.70. The summed E-state index contributed by atoms with van der Waals surface area (Å²) in [6, 6.07) is 0. The average Bonchev–Trinajstić information content (AvgIpc) is 2.61. The van der Waals surface area contributed by atoms with Crippen LogP contribution in [0.2, 0.25) is 5.15 Å². The van der Waals surface area contributed by atoms with Crippen LogP contribution in [-0.2, 0) is 6.61 Å². The number of fused-ring (bicyclic) bond motifs is 1. The first kappa shape index (κ1) is 9.76. The van der Waals surface area contributed by atoms with Gasteiger partial charge in [0.1, 0.15) is 10.8 Å². The van der Waals surface area contributed by atoms with Crippen LogP contribution < -0.4 is 0 Å². The van der Waals surface area contributed by atoms with Crippen molar-refractivity contribution in [3.63, 3.8) is 0 Å². The van der Waals surface area contributed by atoms with E-state index in [2.05, 4.69) is 15.0 Å². The molecule has 2 aromatic rings. The van der Waals surface area contributed by atoms with Gasteiger partial charge in [0.2, 0.25) is 0 Å². The number of thioether (sulfide) groups is 1. The van der Waals surface area contributed by atoms with Gasteiger partial charge >= 0.3 is 0 Å². The predicted molar refractivity (Wildman–Crippen MR) is 56.6 cm³/mol. The summed E-state index contributed by atoms with van der Waals surface area (Å²) in [5.74, 6) is 0. The number of nitrogens with one attached hydrogen (secondary N) is 1. The minimum Gasteiger partial charge on any atom is -0.392 e. The fraction of sp³-hybridized carbons (Fsp3) is 0.250. The third-order valence-electron chi connectivity index (χ3n) is 1.90. The van der Waals surface area contributed by atoms with Crippen LogP contribution in [0.3, 0.4) is 0 Å². The van der Waals surface area contributed by atoms with Crippen LogP contribution >= 0.6 is 23.4 Å². The number of aromatic nitrogens is 3. The molecule has 2 aromatic heterocycles. The topological polar surface area (TPSA) is 61.8 Å². The van der Waals surface area contributed by atoms with Crippen LogP contribution in [0.15, 0.2) is 11.4 Å². The molecule has 4 nitrogen and oxygen atoms in total. The maximum Gasteiger partial charge on any atom is 0.190 e. The molecule has 2 N–H and O–H groups in total. The van der Waals surface area contributed by atoms with Crippen LogP contribution in [0.1, 0.15) is 5.56 Å². The van der Waals surface area contributed by atoms with Crippen molar-refractivity contribution >= 4 is 34.4 Å². The number of H-pyrrole nitrogens is 1. The summed E-state index contributed by atoms with van der Waals surface area (Å²) < 4.78 is 0. The van der Waals surface area contributed by atoms with E-state index in [1.54, 1.807) is 6.20 Å². The molecule has 0 spiro atoms. The molecule has 0 aliphatic rings. The Labute approximate surface area is 89.7 Å². The minimum absolute atomic E-state index is 0.0678. The van der Waals surface area contributed by atoms with Gasteiger partial charge in [-0.1, -0.05) is 23.4 Å². The smallest absolute Gasteiger partial charge is 0.190 e. The van der Waals surface area contributed by atoms with Crippen molar-refractivity contribution in [2.24, 2.45) is 0 Å². The monoisotopic (exact) mass is 229 g/mol. The highest BCUT2D eigenvalue weighted by molar-refractivity contribution is 7.98. The van der Waals surface area contributed by atoms with Crippen molar-refractivity contribution in [2.75, 3.05) is 6.26 Å². The third-order valence-corrected chi connectivity index (χ3v) is 2.72. The van der Waals surface area contributed by atoms with Gasteiger partial charge in [-0.05, 0) is 6.26 Å². The van der Waals surface area contributed by atoms with Crippen LogP contribution in [0.5, 0.6) is 0 Å². The van der Waals surface area contributed by atoms with E-state index in [1.807, 2.05) is 6.26 Å². The lowest BCUT2D eigenvalue weighted by Gasteiger charge is -1.98. The lowest BCUT2D eigenvalue weighted by atomic mass is 10.2. The van der Waals surface area contributed by atoms with Crippen molar-refractivity contribution in [3.05, 3.63) is 16.9 Å². The van der Waals surface area contributed by atoms with Gasteiger partial charge in [0.25, 0.3) is 0 Å². The Hall–Kier alpha value is -0.780. The van der Waals surface area contributed by atoms with Crippen LogP contribution in [0.4, 0.5) is 0 Å². The highest BCUT2D eigenvalue weighted by Gasteiger charge is 2.10. The molecule has 0 amide bonds. The molecule has 14 heavy (non-hydrogen) atoms. The summed E-state index contributed by atoms with van der Waals surface area (Å²) in [6.45, 7) is -0.0678. The van der Waals surface area contributed by atoms with E-state index in [4.69, 9.17) is 16.7 Å². The van der Waals surface area contributed by atoms with Gasteiger partial charge in [0.15, 0.2) is 5.16 Å². The van der Waals surface area contributed by atoms with E-state index >= 15 is 0 Å². The number of hydrogen-bond acceptors (Lipinski definition) is 4. The van der Waals surface area contributed by atoms with Gasteiger partial charge in [-0.25, -0.2) is 9.97 Å². The Kier molecular flexibility index (Phi) is 2.62. The first-order chi connectivity index (χ1) is 6.76. The molecule has 74 valence electrons. The summed E-state index contributed by atoms with van der Waals surface area (Å²) in [5.41, 5.74) is 1.39. The van der Waals surface area contributed by atoms with Gasteiger partial charge in [-0.2, -0.15) is 0 Å². The van der Waals surface area contributed by atoms with Crippen molar-refractivity contribution < 1.29 is 5.11 Å². The molecule has 0 saturated heterocycles. The van der Waals surface area contributed by atoms with E-state index in [9.17, 15) is 0 Å². The molecule has 2 heterocycles. The third kappa shape index (κ3) is 1.47. The molecule has 0 unspecified atom stereocenters. The molecule has 0 aliphatic carbocycles. The Morgan fingerprint density at radius 2 is 2.36 bits per heavy atom. The van der Waals surface area contributed by atoms with Crippen LogP contribution in [-0.4, -0.2) is 26.3 Å². The largest absolute Gasteiger partial charge is 0.392 e. The first-order valence-electron chi connectivity index (χ1n) is 3.94. The van der Waals surface area contributed by atoms with Crippen molar-refractivity contribution in [1.29, 1.82) is 0 Å². The van der Waals surface area contributed by atoms with E-state index in [0.717, 1.165) is 5.56 Å². The highest BCUT2D eigenvalue weighted by Crippen LogP contribution is 2.25. The second-order valence-corrected chi connectivity index (χ2v) is 3.83. The fourth-order valence-electron chi connectivity index (χ4n) is 1.25. The van der Waals surface area contributed by atoms with Crippen molar-refractivity contribution in [2.45, 2.75) is 11.8 Å². The Morgan fingerprint density at radius 1 is 1.57 bits per heavy atom. The lowest BCUT2D eigenvalue weighted by molar-refractivity contribution is 0.283. The molecule has 0 aliphatic heterocycles. The molecule has 0 atom stereocenters. The summed E-state index contributed by atoms with van der Waals surface area (Å²) in [6.07, 6.45) is 3.57. The number of rotatable bonds is 2. The van der Waals surface area contributed by atoms with Crippen molar-refractivity contribution in [3.8, 4) is 0 Å². The normalized spacial score (nSPS) is 11.1. The Morgan fingerprint density at radius 3 is 3.00 bits per heavy atom. The number of halogens is 1. The van der Waals surface area contributed by atoms with E-state index in [1.165, 1.54) is 11.8 Å². The zero-order valence-electron chi connectivity index (χ0n) is 7.41. The molecule has 2 rings (SSSR count). The molecule has 0 fully saturated rings. The Balaban J connectivity index is 2.72. The van der Waals surface area contributed by atoms with Gasteiger partial charge < -0.3 is 10.1 Å². The van der Waals surface area contributed by atoms with Crippen molar-refractivity contribution in [1.82, 2.24) is 15.0 Å². The van der Waals surface area contributed by atoms with Gasteiger partial charge in [0.05, 0.1) is 12.0 Å². The number of aromatic amines is 1. The van der Waals surface area contributed by atoms with Gasteiger partial charge in [0, 0.05) is 11.8 Å². The lowest BCUT2D eigenvalue weighted by Crippen LogP contribution is -1.89. The summed E-state index contributed by atoms with van der Waals surface area (Å²) >= 11 is 7.40. The molecule has 0 saturated carbocycles. The number of hydrogen-bond donors (Lipinski definition) is 2. The number of aliphatic hydroxyl groups excluding tert-OH is 1. The predicted octanol–water partition coefficient (Wildman–Crippen LogP) is 1.83. The average molecular weight is 230 g/mol. The van der Waals surface area contributed by atoms with Gasteiger partial charge in [-0.3, -0.25) is 0 Å². The quantitative estimate of drug-likeness (QED) is 0.469. The summed E-state index contributed by atoms with van der Waals surface area (Å²) in [5, 5.41) is 10.7. The van der Waals surface area contributed by atoms with E-state index in [0.29, 0.717) is 21.3 Å². The standard InChI is InChI=1S/C8H8ClN3OS/c1-14-8-11-6(9)5-4(3-13)2-10-7(5)12-8/h2,13H,3H2,1H3,(H,10,11,12). The second kappa shape index (κ2) is 3.76. The Bertz CT molecular complexity index is 471. The van der Waals surface area contributed by atoms with Gasteiger partial charge in [-0.15, -0.1) is 0 Å². The first-order valence-corrected chi connectivity index (χ1v) is 5.55. The zero-order valence-corrected chi connectivity index (χ0v) is 8.98. The maximum atomic E-state index is 9.04. The number of nitrogens with zero attached hydrogens (tertiary/aromatic N) is 2. The van der Waals surface area contributed by atoms with E-state index < -0.39 is 0 Å². The summed E-state index contributed by atoms with van der Waals surface area (Å²) in [7, 11) is 0. The number of aliphatic hydroxyl groups is 1. The molecular weight excluding hydrogens is 222 g/mol. The molecule has 0 bridgehead atoms. The van der Waals surface area contributed by atoms with Crippen LogP contribution in [0.25, 0.3) is 11.0 Å².